The van der Waals surface area contributed by atoms with E-state index < -0.39 is 25.2 Å². The van der Waals surface area contributed by atoms with E-state index in [0.29, 0.717) is 11.1 Å². The van der Waals surface area contributed by atoms with Gasteiger partial charge in [0.15, 0.2) is 0 Å². The Hall–Kier alpha value is -1.20. The molecule has 0 aliphatic carbocycles. The Morgan fingerprint density at radius 2 is 0.889 bits per heavy atom. The maximum atomic E-state index is 11.9. The number of hydrogen-bond acceptors (Lipinski definition) is 0. The van der Waals surface area contributed by atoms with E-state index >= 15 is 0 Å². The van der Waals surface area contributed by atoms with Crippen LogP contribution in [-0.2, 0) is 12.8 Å². The van der Waals surface area contributed by atoms with Crippen molar-refractivity contribution >= 4 is 0 Å². The topological polar surface area (TPSA) is 0 Å². The van der Waals surface area contributed by atoms with Crippen molar-refractivity contribution < 1.29 is 26.3 Å². The molecule has 0 heterocycles. The fourth-order valence-corrected chi connectivity index (χ4v) is 1.44. The number of alkyl halides is 6. The van der Waals surface area contributed by atoms with E-state index in [-0.39, 0.29) is 12.8 Å². The summed E-state index contributed by atoms with van der Waals surface area (Å²) >= 11 is 0. The summed E-state index contributed by atoms with van der Waals surface area (Å²) in [6, 6.07) is 5.77. The Bertz CT molecular complexity index is 323. The summed E-state index contributed by atoms with van der Waals surface area (Å²) < 4.78 is 71.7. The lowest BCUT2D eigenvalue weighted by Gasteiger charge is -2.08. The summed E-state index contributed by atoms with van der Waals surface area (Å²) in [5.74, 6) is 0. The number of aryl methyl sites for hydroxylation is 2. The normalized spacial score (nSPS) is 12.8. The SMILES string of the molecule is FC(F)(F)CCc1ccc(CCC(F)(F)F)cc1. The highest BCUT2D eigenvalue weighted by Gasteiger charge is 2.27. The van der Waals surface area contributed by atoms with Crippen LogP contribution in [0.2, 0.25) is 0 Å². The average Bonchev–Trinajstić information content (AvgIpc) is 2.23. The Labute approximate surface area is 101 Å². The molecule has 0 aromatic heterocycles. The van der Waals surface area contributed by atoms with Crippen LogP contribution in [0.1, 0.15) is 24.0 Å². The molecule has 102 valence electrons. The van der Waals surface area contributed by atoms with Crippen LogP contribution in [0.5, 0.6) is 0 Å². The zero-order valence-corrected chi connectivity index (χ0v) is 9.41. The van der Waals surface area contributed by atoms with Gasteiger partial charge in [-0.15, -0.1) is 0 Å². The van der Waals surface area contributed by atoms with Crippen molar-refractivity contribution in [2.24, 2.45) is 0 Å². The minimum absolute atomic E-state index is 0.150. The molecule has 0 nitrogen and oxygen atoms in total. The van der Waals surface area contributed by atoms with Gasteiger partial charge in [-0.2, -0.15) is 26.3 Å². The number of halogens is 6. The van der Waals surface area contributed by atoms with Gasteiger partial charge in [-0.25, -0.2) is 0 Å². The summed E-state index contributed by atoms with van der Waals surface area (Å²) in [5.41, 5.74) is 0.950. The molecule has 0 atom stereocenters. The van der Waals surface area contributed by atoms with E-state index in [1.165, 1.54) is 24.3 Å². The molecule has 18 heavy (non-hydrogen) atoms. The fraction of sp³-hybridized carbons (Fsp3) is 0.500. The molecule has 0 saturated heterocycles. The minimum atomic E-state index is -4.21. The molecular formula is C12H12F6. The van der Waals surface area contributed by atoms with Crippen LogP contribution in [0.3, 0.4) is 0 Å². The van der Waals surface area contributed by atoms with Crippen molar-refractivity contribution in [2.45, 2.75) is 38.0 Å². The van der Waals surface area contributed by atoms with Crippen molar-refractivity contribution in [2.75, 3.05) is 0 Å². The zero-order valence-electron chi connectivity index (χ0n) is 9.41. The molecule has 6 heteroatoms. The standard InChI is InChI=1S/C12H12F6/c13-11(14,15)7-5-9-1-2-10(4-3-9)6-8-12(16,17)18/h1-4H,5-8H2. The lowest BCUT2D eigenvalue weighted by atomic mass is 10.0. The maximum Gasteiger partial charge on any atom is 0.389 e. The van der Waals surface area contributed by atoms with Crippen molar-refractivity contribution in [1.29, 1.82) is 0 Å². The first-order chi connectivity index (χ1) is 8.16. The Morgan fingerprint density at radius 1 is 0.611 bits per heavy atom. The van der Waals surface area contributed by atoms with E-state index in [2.05, 4.69) is 0 Å². The molecule has 0 fully saturated rings. The summed E-state index contributed by atoms with van der Waals surface area (Å²) in [4.78, 5) is 0. The Morgan fingerprint density at radius 3 is 1.11 bits per heavy atom. The van der Waals surface area contributed by atoms with Crippen LogP contribution in [0.25, 0.3) is 0 Å². The summed E-state index contributed by atoms with van der Waals surface area (Å²) in [5, 5.41) is 0. The minimum Gasteiger partial charge on any atom is -0.171 e. The van der Waals surface area contributed by atoms with Crippen LogP contribution < -0.4 is 0 Å². The van der Waals surface area contributed by atoms with Gasteiger partial charge in [0.25, 0.3) is 0 Å². The zero-order chi connectivity index (χ0) is 13.8. The van der Waals surface area contributed by atoms with Crippen LogP contribution in [0, 0.1) is 0 Å². The third-order valence-corrected chi connectivity index (χ3v) is 2.42. The van der Waals surface area contributed by atoms with E-state index in [9.17, 15) is 26.3 Å². The van der Waals surface area contributed by atoms with Crippen molar-refractivity contribution in [3.05, 3.63) is 35.4 Å². The first-order valence-electron chi connectivity index (χ1n) is 5.37. The number of rotatable bonds is 4. The van der Waals surface area contributed by atoms with Crippen LogP contribution in [0.15, 0.2) is 24.3 Å². The van der Waals surface area contributed by atoms with Gasteiger partial charge in [-0.05, 0) is 24.0 Å². The third kappa shape index (κ3) is 6.51. The maximum absolute atomic E-state index is 11.9. The molecule has 0 N–H and O–H groups in total. The molecule has 0 aliphatic rings. The molecule has 0 radical (unpaired) electrons. The predicted molar refractivity (Wildman–Crippen MR) is 55.2 cm³/mol. The fourth-order valence-electron chi connectivity index (χ4n) is 1.44. The number of hydrogen-bond donors (Lipinski definition) is 0. The second-order valence-corrected chi connectivity index (χ2v) is 4.05. The van der Waals surface area contributed by atoms with Gasteiger partial charge in [-0.3, -0.25) is 0 Å². The van der Waals surface area contributed by atoms with E-state index in [1.807, 2.05) is 0 Å². The second-order valence-electron chi connectivity index (χ2n) is 4.05. The van der Waals surface area contributed by atoms with Gasteiger partial charge in [-0.1, -0.05) is 24.3 Å². The molecule has 1 rings (SSSR count). The summed E-state index contributed by atoms with van der Waals surface area (Å²) in [7, 11) is 0. The van der Waals surface area contributed by atoms with Crippen molar-refractivity contribution in [1.82, 2.24) is 0 Å². The quantitative estimate of drug-likeness (QED) is 0.697. The van der Waals surface area contributed by atoms with Crippen molar-refractivity contribution in [3.8, 4) is 0 Å². The molecule has 0 aliphatic heterocycles. The first kappa shape index (κ1) is 14.9. The molecule has 0 amide bonds. The van der Waals surface area contributed by atoms with Crippen LogP contribution in [-0.4, -0.2) is 12.4 Å². The monoisotopic (exact) mass is 270 g/mol. The Kier molecular flexibility index (Phi) is 4.65. The second kappa shape index (κ2) is 5.63. The molecule has 0 spiro atoms. The van der Waals surface area contributed by atoms with Gasteiger partial charge in [0.1, 0.15) is 0 Å². The lowest BCUT2D eigenvalue weighted by molar-refractivity contribution is -0.135. The predicted octanol–water partition coefficient (Wildman–Crippen LogP) is 4.68. The van der Waals surface area contributed by atoms with Gasteiger partial charge >= 0.3 is 12.4 Å². The van der Waals surface area contributed by atoms with E-state index in [4.69, 9.17) is 0 Å². The van der Waals surface area contributed by atoms with Crippen molar-refractivity contribution in [3.63, 3.8) is 0 Å². The molecule has 1 aromatic carbocycles. The summed E-state index contributed by atoms with van der Waals surface area (Å²) in [6.45, 7) is 0. The molecular weight excluding hydrogens is 258 g/mol. The highest BCUT2D eigenvalue weighted by molar-refractivity contribution is 5.22. The molecule has 0 saturated carbocycles. The van der Waals surface area contributed by atoms with Gasteiger partial charge < -0.3 is 0 Å². The largest absolute Gasteiger partial charge is 0.389 e. The van der Waals surface area contributed by atoms with Gasteiger partial charge in [0, 0.05) is 12.8 Å². The van der Waals surface area contributed by atoms with E-state index in [0.717, 1.165) is 0 Å². The summed E-state index contributed by atoms with van der Waals surface area (Å²) in [6.07, 6.45) is -10.6. The van der Waals surface area contributed by atoms with Crippen LogP contribution >= 0.6 is 0 Å². The van der Waals surface area contributed by atoms with Crippen LogP contribution in [0.4, 0.5) is 26.3 Å². The third-order valence-electron chi connectivity index (χ3n) is 2.42. The highest BCUT2D eigenvalue weighted by Crippen LogP contribution is 2.24. The number of benzene rings is 1. The average molecular weight is 270 g/mol. The smallest absolute Gasteiger partial charge is 0.171 e. The highest BCUT2D eigenvalue weighted by atomic mass is 19.4. The van der Waals surface area contributed by atoms with Gasteiger partial charge in [0.05, 0.1) is 0 Å². The molecule has 0 bridgehead atoms. The lowest BCUT2D eigenvalue weighted by Crippen LogP contribution is -2.09. The molecule has 1 aromatic rings. The first-order valence-corrected chi connectivity index (χ1v) is 5.37. The van der Waals surface area contributed by atoms with E-state index in [1.54, 1.807) is 0 Å². The Balaban J connectivity index is 2.48. The van der Waals surface area contributed by atoms with Gasteiger partial charge in [0.2, 0.25) is 0 Å². The molecule has 0 unspecified atom stereocenters.